The molecule has 0 aliphatic carbocycles. The minimum atomic E-state index is -3.63. The molecule has 0 aromatic heterocycles. The van der Waals surface area contributed by atoms with Crippen molar-refractivity contribution >= 4 is 27.3 Å². The van der Waals surface area contributed by atoms with E-state index in [0.717, 1.165) is 11.1 Å². The molecule has 21 heavy (non-hydrogen) atoms. The summed E-state index contributed by atoms with van der Waals surface area (Å²) in [6, 6.07) is 12.2. The Morgan fingerprint density at radius 3 is 2.57 bits per heavy atom. The van der Waals surface area contributed by atoms with Gasteiger partial charge in [-0.2, -0.15) is 0 Å². The fourth-order valence-corrected chi connectivity index (χ4v) is 3.61. The summed E-state index contributed by atoms with van der Waals surface area (Å²) in [5.41, 5.74) is 8.25. The van der Waals surface area contributed by atoms with Crippen LogP contribution in [-0.2, 0) is 16.4 Å². The SMILES string of the molecule is Cc1ccccc1CCNS(=O)(=O)c1ccc(N)cc1Cl. The molecule has 0 bridgehead atoms. The number of aryl methyl sites for hydroxylation is 1. The number of hydrogen-bond acceptors (Lipinski definition) is 3. The summed E-state index contributed by atoms with van der Waals surface area (Å²) in [6.07, 6.45) is 0.624. The van der Waals surface area contributed by atoms with Crippen LogP contribution in [-0.4, -0.2) is 15.0 Å². The zero-order valence-electron chi connectivity index (χ0n) is 11.6. The Bertz CT molecular complexity index is 745. The molecule has 6 heteroatoms. The van der Waals surface area contributed by atoms with Crippen LogP contribution in [0, 0.1) is 6.92 Å². The Balaban J connectivity index is 2.07. The van der Waals surface area contributed by atoms with Crippen molar-refractivity contribution in [1.29, 1.82) is 0 Å². The maximum absolute atomic E-state index is 12.2. The minimum absolute atomic E-state index is 0.0446. The molecule has 0 unspecified atom stereocenters. The Labute approximate surface area is 130 Å². The maximum atomic E-state index is 12.2. The van der Waals surface area contributed by atoms with Crippen LogP contribution >= 0.6 is 11.6 Å². The Morgan fingerprint density at radius 1 is 1.19 bits per heavy atom. The maximum Gasteiger partial charge on any atom is 0.242 e. The lowest BCUT2D eigenvalue weighted by molar-refractivity contribution is 0.581. The second kappa shape index (κ2) is 6.47. The molecule has 0 aliphatic heterocycles. The van der Waals surface area contributed by atoms with Crippen LogP contribution in [0.3, 0.4) is 0 Å². The van der Waals surface area contributed by atoms with E-state index in [-0.39, 0.29) is 9.92 Å². The largest absolute Gasteiger partial charge is 0.399 e. The van der Waals surface area contributed by atoms with E-state index in [1.165, 1.54) is 18.2 Å². The standard InChI is InChI=1S/C15H17ClN2O2S/c1-11-4-2-3-5-12(11)8-9-18-21(19,20)15-7-6-13(17)10-14(15)16/h2-7,10,18H,8-9,17H2,1H3. The number of anilines is 1. The highest BCUT2D eigenvalue weighted by Crippen LogP contribution is 2.23. The van der Waals surface area contributed by atoms with E-state index in [1.807, 2.05) is 31.2 Å². The fraction of sp³-hybridized carbons (Fsp3) is 0.200. The van der Waals surface area contributed by atoms with Crippen LogP contribution in [0.2, 0.25) is 5.02 Å². The second-order valence-corrected chi connectivity index (χ2v) is 6.91. The normalized spacial score (nSPS) is 11.5. The van der Waals surface area contributed by atoms with Crippen LogP contribution in [0.25, 0.3) is 0 Å². The highest BCUT2D eigenvalue weighted by Gasteiger charge is 2.17. The summed E-state index contributed by atoms with van der Waals surface area (Å²) in [7, 11) is -3.63. The number of halogens is 1. The van der Waals surface area contributed by atoms with Crippen molar-refractivity contribution < 1.29 is 8.42 Å². The number of nitrogens with one attached hydrogen (secondary N) is 1. The van der Waals surface area contributed by atoms with Crippen LogP contribution in [0.5, 0.6) is 0 Å². The van der Waals surface area contributed by atoms with Gasteiger partial charge in [-0.3, -0.25) is 0 Å². The van der Waals surface area contributed by atoms with Crippen molar-refractivity contribution in [3.8, 4) is 0 Å². The first-order chi connectivity index (χ1) is 9.90. The molecule has 112 valence electrons. The molecule has 0 atom stereocenters. The number of hydrogen-bond donors (Lipinski definition) is 2. The third-order valence-corrected chi connectivity index (χ3v) is 5.14. The summed E-state index contributed by atoms with van der Waals surface area (Å²) < 4.78 is 27.0. The Kier molecular flexibility index (Phi) is 4.88. The molecular formula is C15H17ClN2O2S. The quantitative estimate of drug-likeness (QED) is 0.831. The highest BCUT2D eigenvalue weighted by molar-refractivity contribution is 7.89. The highest BCUT2D eigenvalue weighted by atomic mass is 35.5. The van der Waals surface area contributed by atoms with E-state index in [4.69, 9.17) is 17.3 Å². The van der Waals surface area contributed by atoms with Gasteiger partial charge < -0.3 is 5.73 Å². The first-order valence-corrected chi connectivity index (χ1v) is 8.35. The lowest BCUT2D eigenvalue weighted by Crippen LogP contribution is -2.26. The van der Waals surface area contributed by atoms with E-state index in [2.05, 4.69) is 4.72 Å². The third kappa shape index (κ3) is 3.97. The van der Waals surface area contributed by atoms with Gasteiger partial charge in [0.15, 0.2) is 0 Å². The molecule has 0 fully saturated rings. The summed E-state index contributed by atoms with van der Waals surface area (Å²) in [5.74, 6) is 0. The summed E-state index contributed by atoms with van der Waals surface area (Å²) in [5, 5.41) is 0.124. The number of nitrogen functional groups attached to an aromatic ring is 1. The molecule has 0 saturated carbocycles. The molecular weight excluding hydrogens is 308 g/mol. The van der Waals surface area contributed by atoms with Crippen molar-refractivity contribution in [3.05, 3.63) is 58.6 Å². The minimum Gasteiger partial charge on any atom is -0.399 e. The molecule has 3 N–H and O–H groups in total. The molecule has 2 rings (SSSR count). The van der Waals surface area contributed by atoms with Gasteiger partial charge in [0.2, 0.25) is 10.0 Å². The Morgan fingerprint density at radius 2 is 1.90 bits per heavy atom. The van der Waals surface area contributed by atoms with E-state index in [1.54, 1.807) is 0 Å². The average molecular weight is 325 g/mol. The van der Waals surface area contributed by atoms with Crippen molar-refractivity contribution in [2.45, 2.75) is 18.2 Å². The van der Waals surface area contributed by atoms with Crippen LogP contribution in [0.1, 0.15) is 11.1 Å². The third-order valence-electron chi connectivity index (χ3n) is 3.19. The van der Waals surface area contributed by atoms with Gasteiger partial charge in [-0.25, -0.2) is 13.1 Å². The van der Waals surface area contributed by atoms with Gasteiger partial charge in [-0.1, -0.05) is 35.9 Å². The molecule has 2 aromatic carbocycles. The molecule has 0 saturated heterocycles. The van der Waals surface area contributed by atoms with Crippen molar-refractivity contribution in [2.75, 3.05) is 12.3 Å². The van der Waals surface area contributed by atoms with E-state index in [0.29, 0.717) is 18.7 Å². The van der Waals surface area contributed by atoms with Gasteiger partial charge in [0.1, 0.15) is 4.90 Å². The van der Waals surface area contributed by atoms with E-state index >= 15 is 0 Å². The van der Waals surface area contributed by atoms with Crippen LogP contribution < -0.4 is 10.5 Å². The van der Waals surface area contributed by atoms with Gasteiger partial charge in [0.25, 0.3) is 0 Å². The molecule has 0 heterocycles. The second-order valence-electron chi connectivity index (χ2n) is 4.76. The number of rotatable bonds is 5. The van der Waals surface area contributed by atoms with E-state index < -0.39 is 10.0 Å². The van der Waals surface area contributed by atoms with Crippen molar-refractivity contribution in [2.24, 2.45) is 0 Å². The first kappa shape index (κ1) is 15.8. The molecule has 0 amide bonds. The molecule has 2 aromatic rings. The summed E-state index contributed by atoms with van der Waals surface area (Å²) in [4.78, 5) is 0.0446. The number of sulfonamides is 1. The Hall–Kier alpha value is -1.56. The molecule has 0 aliphatic rings. The summed E-state index contributed by atoms with van der Waals surface area (Å²) in [6.45, 7) is 2.31. The monoisotopic (exact) mass is 324 g/mol. The predicted octanol–water partition coefficient (Wildman–Crippen LogP) is 2.75. The zero-order valence-corrected chi connectivity index (χ0v) is 13.2. The van der Waals surface area contributed by atoms with Crippen molar-refractivity contribution in [1.82, 2.24) is 4.72 Å². The zero-order chi connectivity index (χ0) is 15.5. The molecule has 0 radical (unpaired) electrons. The molecule has 0 spiro atoms. The molecule has 4 nitrogen and oxygen atoms in total. The van der Waals surface area contributed by atoms with E-state index in [9.17, 15) is 8.42 Å². The van der Waals surface area contributed by atoms with Gasteiger partial charge in [-0.15, -0.1) is 0 Å². The predicted molar refractivity (Wildman–Crippen MR) is 85.9 cm³/mol. The van der Waals surface area contributed by atoms with Gasteiger partial charge >= 0.3 is 0 Å². The average Bonchev–Trinajstić information content (AvgIpc) is 2.40. The number of benzene rings is 2. The number of nitrogens with two attached hydrogens (primary N) is 1. The van der Waals surface area contributed by atoms with Crippen LogP contribution in [0.4, 0.5) is 5.69 Å². The van der Waals surface area contributed by atoms with Gasteiger partial charge in [-0.05, 0) is 42.7 Å². The van der Waals surface area contributed by atoms with Gasteiger partial charge in [0, 0.05) is 12.2 Å². The lowest BCUT2D eigenvalue weighted by Gasteiger charge is -2.10. The van der Waals surface area contributed by atoms with Crippen molar-refractivity contribution in [3.63, 3.8) is 0 Å². The fourth-order valence-electron chi connectivity index (χ4n) is 2.02. The van der Waals surface area contributed by atoms with Crippen LogP contribution in [0.15, 0.2) is 47.4 Å². The first-order valence-electron chi connectivity index (χ1n) is 6.49. The summed E-state index contributed by atoms with van der Waals surface area (Å²) >= 11 is 5.94. The smallest absolute Gasteiger partial charge is 0.242 e. The van der Waals surface area contributed by atoms with Gasteiger partial charge in [0.05, 0.1) is 5.02 Å². The lowest BCUT2D eigenvalue weighted by atomic mass is 10.1. The topological polar surface area (TPSA) is 72.2 Å².